The molecule has 0 amide bonds. The third-order valence-electron chi connectivity index (χ3n) is 3.37. The van der Waals surface area contributed by atoms with Crippen LogP contribution in [0.5, 0.6) is 5.75 Å². The Morgan fingerprint density at radius 3 is 2.48 bits per heavy atom. The number of carbonyl (C=O) groups is 2. The fourth-order valence-electron chi connectivity index (χ4n) is 2.12. The summed E-state index contributed by atoms with van der Waals surface area (Å²) < 4.78 is 5.27. The minimum Gasteiger partial charge on any atom is -0.421 e. The number of benzene rings is 2. The van der Waals surface area contributed by atoms with Crippen LogP contribution in [0.25, 0.3) is 0 Å². The van der Waals surface area contributed by atoms with E-state index < -0.39 is 5.97 Å². The van der Waals surface area contributed by atoms with Gasteiger partial charge in [0.2, 0.25) is 0 Å². The van der Waals surface area contributed by atoms with Crippen molar-refractivity contribution in [1.82, 2.24) is 0 Å². The number of carbonyl (C=O) groups excluding carboxylic acids is 2. The molecule has 0 atom stereocenters. The van der Waals surface area contributed by atoms with Crippen LogP contribution in [-0.4, -0.2) is 12.3 Å². The van der Waals surface area contributed by atoms with Crippen LogP contribution in [0.3, 0.4) is 0 Å². The first-order valence-electron chi connectivity index (χ1n) is 7.30. The average molecular weight is 351 g/mol. The molecule has 3 nitrogen and oxygen atoms in total. The predicted molar refractivity (Wildman–Crippen MR) is 91.9 cm³/mol. The lowest BCUT2D eigenvalue weighted by molar-refractivity contribution is 0.0733. The summed E-state index contributed by atoms with van der Waals surface area (Å²) >= 11 is 11.8. The standard InChI is InChI=1S/C18H16Cl2O3/c1-2-3-4-12-5-7-13(8-6-12)18(22)23-17-14(11-21)9-15(19)10-16(17)20/h5-11H,2-4H2,1H3. The number of esters is 1. The summed E-state index contributed by atoms with van der Waals surface area (Å²) in [6.45, 7) is 2.13. The maximum atomic E-state index is 12.2. The lowest BCUT2D eigenvalue weighted by Crippen LogP contribution is -2.10. The van der Waals surface area contributed by atoms with Gasteiger partial charge in [-0.25, -0.2) is 4.79 Å². The number of unbranched alkanes of at least 4 members (excludes halogenated alkanes) is 1. The summed E-state index contributed by atoms with van der Waals surface area (Å²) in [5, 5.41) is 0.421. The number of ether oxygens (including phenoxy) is 1. The number of hydrogen-bond donors (Lipinski definition) is 0. The Kier molecular flexibility index (Phi) is 6.20. The molecule has 2 rings (SSSR count). The molecule has 120 valence electrons. The zero-order valence-electron chi connectivity index (χ0n) is 12.6. The summed E-state index contributed by atoms with van der Waals surface area (Å²) in [7, 11) is 0. The minimum absolute atomic E-state index is 0.0196. The van der Waals surface area contributed by atoms with Gasteiger partial charge in [-0.15, -0.1) is 0 Å². The van der Waals surface area contributed by atoms with E-state index in [1.807, 2.05) is 12.1 Å². The number of aldehydes is 1. The fourth-order valence-corrected chi connectivity index (χ4v) is 2.66. The molecule has 0 unspecified atom stereocenters. The number of halogens is 2. The highest BCUT2D eigenvalue weighted by molar-refractivity contribution is 6.36. The first-order chi connectivity index (χ1) is 11.0. The molecule has 0 aliphatic rings. The largest absolute Gasteiger partial charge is 0.421 e. The smallest absolute Gasteiger partial charge is 0.343 e. The maximum absolute atomic E-state index is 12.2. The predicted octanol–water partition coefficient (Wildman–Crippen LogP) is 5.37. The molecule has 0 aromatic heterocycles. The molecule has 0 aliphatic heterocycles. The topological polar surface area (TPSA) is 43.4 Å². The molecule has 5 heteroatoms. The molecule has 0 bridgehead atoms. The quantitative estimate of drug-likeness (QED) is 0.399. The molecule has 0 aliphatic carbocycles. The third kappa shape index (κ3) is 4.57. The van der Waals surface area contributed by atoms with Crippen molar-refractivity contribution >= 4 is 35.5 Å². The first-order valence-corrected chi connectivity index (χ1v) is 8.06. The van der Waals surface area contributed by atoms with Gasteiger partial charge in [-0.1, -0.05) is 48.7 Å². The van der Waals surface area contributed by atoms with Crippen molar-refractivity contribution in [2.45, 2.75) is 26.2 Å². The molecular weight excluding hydrogens is 335 g/mol. The molecule has 0 saturated heterocycles. The summed E-state index contributed by atoms with van der Waals surface area (Å²) in [5.41, 5.74) is 1.70. The van der Waals surface area contributed by atoms with E-state index in [4.69, 9.17) is 27.9 Å². The van der Waals surface area contributed by atoms with Crippen LogP contribution in [0.2, 0.25) is 10.0 Å². The van der Waals surface area contributed by atoms with Gasteiger partial charge in [-0.05, 0) is 42.7 Å². The summed E-state index contributed by atoms with van der Waals surface area (Å²) in [4.78, 5) is 23.3. The van der Waals surface area contributed by atoms with Gasteiger partial charge in [0.05, 0.1) is 16.1 Å². The maximum Gasteiger partial charge on any atom is 0.343 e. The normalized spacial score (nSPS) is 10.4. The first kappa shape index (κ1) is 17.5. The Hall–Kier alpha value is -1.84. The third-order valence-corrected chi connectivity index (χ3v) is 3.87. The fraction of sp³-hybridized carbons (Fsp3) is 0.222. The Bertz CT molecular complexity index is 709. The summed E-state index contributed by atoms with van der Waals surface area (Å²) in [6.07, 6.45) is 3.75. The molecule has 23 heavy (non-hydrogen) atoms. The molecule has 2 aromatic rings. The monoisotopic (exact) mass is 350 g/mol. The lowest BCUT2D eigenvalue weighted by Gasteiger charge is -2.09. The lowest BCUT2D eigenvalue weighted by atomic mass is 10.1. The van der Waals surface area contributed by atoms with Crippen LogP contribution >= 0.6 is 23.2 Å². The van der Waals surface area contributed by atoms with E-state index >= 15 is 0 Å². The van der Waals surface area contributed by atoms with Gasteiger partial charge in [0.25, 0.3) is 0 Å². The SMILES string of the molecule is CCCCc1ccc(C(=O)Oc2c(Cl)cc(Cl)cc2C=O)cc1. The second kappa shape index (κ2) is 8.14. The van der Waals surface area contributed by atoms with Crippen LogP contribution in [0.4, 0.5) is 0 Å². The average Bonchev–Trinajstić information content (AvgIpc) is 2.55. The van der Waals surface area contributed by atoms with E-state index in [2.05, 4.69) is 6.92 Å². The van der Waals surface area contributed by atoms with Gasteiger partial charge in [-0.2, -0.15) is 0 Å². The zero-order valence-corrected chi connectivity index (χ0v) is 14.2. The van der Waals surface area contributed by atoms with Gasteiger partial charge >= 0.3 is 5.97 Å². The van der Waals surface area contributed by atoms with E-state index in [0.29, 0.717) is 16.9 Å². The molecule has 0 heterocycles. The molecule has 0 fully saturated rings. The van der Waals surface area contributed by atoms with Crippen molar-refractivity contribution in [3.05, 3.63) is 63.1 Å². The van der Waals surface area contributed by atoms with Crippen LogP contribution < -0.4 is 4.74 Å². The highest BCUT2D eigenvalue weighted by Crippen LogP contribution is 2.32. The van der Waals surface area contributed by atoms with E-state index in [9.17, 15) is 9.59 Å². The van der Waals surface area contributed by atoms with Crippen LogP contribution in [0.15, 0.2) is 36.4 Å². The van der Waals surface area contributed by atoms with Crippen molar-refractivity contribution in [2.75, 3.05) is 0 Å². The number of rotatable bonds is 6. The minimum atomic E-state index is -0.570. The summed E-state index contributed by atoms with van der Waals surface area (Å²) in [5.74, 6) is -0.550. The summed E-state index contributed by atoms with van der Waals surface area (Å²) in [6, 6.07) is 10.0. The van der Waals surface area contributed by atoms with Crippen molar-refractivity contribution in [3.63, 3.8) is 0 Å². The van der Waals surface area contributed by atoms with Crippen molar-refractivity contribution < 1.29 is 14.3 Å². The second-order valence-electron chi connectivity index (χ2n) is 5.11. The Morgan fingerprint density at radius 1 is 1.17 bits per heavy atom. The number of aryl methyl sites for hydroxylation is 1. The van der Waals surface area contributed by atoms with Crippen molar-refractivity contribution in [2.24, 2.45) is 0 Å². The van der Waals surface area contributed by atoms with Gasteiger partial charge in [-0.3, -0.25) is 4.79 Å². The molecular formula is C18H16Cl2O3. The molecule has 0 spiro atoms. The highest BCUT2D eigenvalue weighted by atomic mass is 35.5. The van der Waals surface area contributed by atoms with Gasteiger partial charge in [0.1, 0.15) is 0 Å². The van der Waals surface area contributed by atoms with Crippen molar-refractivity contribution in [1.29, 1.82) is 0 Å². The van der Waals surface area contributed by atoms with Gasteiger partial charge < -0.3 is 4.74 Å². The van der Waals surface area contributed by atoms with Crippen LogP contribution in [0.1, 0.15) is 46.0 Å². The Morgan fingerprint density at radius 2 is 1.87 bits per heavy atom. The van der Waals surface area contributed by atoms with E-state index in [1.165, 1.54) is 17.7 Å². The number of hydrogen-bond acceptors (Lipinski definition) is 3. The zero-order chi connectivity index (χ0) is 16.8. The molecule has 0 radical (unpaired) electrons. The Balaban J connectivity index is 2.17. The molecule has 0 saturated carbocycles. The van der Waals surface area contributed by atoms with Gasteiger partial charge in [0, 0.05) is 5.02 Å². The molecule has 0 N–H and O–H groups in total. The van der Waals surface area contributed by atoms with Gasteiger partial charge in [0.15, 0.2) is 12.0 Å². The second-order valence-corrected chi connectivity index (χ2v) is 5.96. The molecule has 2 aromatic carbocycles. The van der Waals surface area contributed by atoms with Crippen molar-refractivity contribution in [3.8, 4) is 5.75 Å². The van der Waals surface area contributed by atoms with E-state index in [0.717, 1.165) is 19.3 Å². The van der Waals surface area contributed by atoms with Crippen LogP contribution in [-0.2, 0) is 6.42 Å². The van der Waals surface area contributed by atoms with Crippen LogP contribution in [0, 0.1) is 0 Å². The Labute approximate surface area is 145 Å². The highest BCUT2D eigenvalue weighted by Gasteiger charge is 2.16. The van der Waals surface area contributed by atoms with E-state index in [1.54, 1.807) is 12.1 Å². The van der Waals surface area contributed by atoms with E-state index in [-0.39, 0.29) is 16.3 Å².